The Morgan fingerprint density at radius 1 is 1.25 bits per heavy atom. The molecule has 2 atom stereocenters. The molecule has 2 aromatic rings. The zero-order chi connectivity index (χ0) is 23.2. The van der Waals surface area contributed by atoms with Crippen molar-refractivity contribution in [2.45, 2.75) is 43.6 Å². The van der Waals surface area contributed by atoms with Crippen molar-refractivity contribution < 1.29 is 32.2 Å². The molecule has 2 aliphatic rings. The van der Waals surface area contributed by atoms with Gasteiger partial charge in [-0.2, -0.15) is 13.2 Å². The van der Waals surface area contributed by atoms with Gasteiger partial charge in [0, 0.05) is 19.5 Å². The number of hydrogen-bond acceptors (Lipinski definition) is 6. The van der Waals surface area contributed by atoms with Crippen molar-refractivity contribution in [3.05, 3.63) is 54.1 Å². The van der Waals surface area contributed by atoms with Gasteiger partial charge in [0.2, 0.25) is 5.95 Å². The maximum atomic E-state index is 12.9. The predicted molar refractivity (Wildman–Crippen MR) is 107 cm³/mol. The number of carbonyl (C=O) groups is 1. The molecule has 2 unspecified atom stereocenters. The van der Waals surface area contributed by atoms with Gasteiger partial charge in [0.15, 0.2) is 5.82 Å². The Balaban J connectivity index is 0.000000360. The summed E-state index contributed by atoms with van der Waals surface area (Å²) in [6, 6.07) is 10.7. The molecule has 1 aromatic heterocycles. The Morgan fingerprint density at radius 2 is 1.91 bits per heavy atom. The SMILES string of the molecule is Fc1cnc(NC2COC3(CCCN(Cc4ccccc4)C3)C2)nc1.O=C(O)C(F)(F)F. The van der Waals surface area contributed by atoms with Crippen molar-refractivity contribution in [1.82, 2.24) is 14.9 Å². The summed E-state index contributed by atoms with van der Waals surface area (Å²) in [7, 11) is 0. The molecule has 2 saturated heterocycles. The first-order valence-electron chi connectivity index (χ1n) is 10.1. The van der Waals surface area contributed by atoms with Crippen LogP contribution in [0.25, 0.3) is 0 Å². The van der Waals surface area contributed by atoms with Gasteiger partial charge in [-0.25, -0.2) is 19.2 Å². The van der Waals surface area contributed by atoms with Gasteiger partial charge in [-0.1, -0.05) is 30.3 Å². The largest absolute Gasteiger partial charge is 0.490 e. The molecule has 0 amide bonds. The number of alkyl halides is 3. The third-order valence-electron chi connectivity index (χ3n) is 5.27. The first-order valence-corrected chi connectivity index (χ1v) is 10.1. The Morgan fingerprint density at radius 3 is 2.53 bits per heavy atom. The van der Waals surface area contributed by atoms with Crippen LogP contribution < -0.4 is 5.32 Å². The highest BCUT2D eigenvalue weighted by molar-refractivity contribution is 5.73. The monoisotopic (exact) mass is 456 g/mol. The second kappa shape index (κ2) is 10.2. The molecule has 4 rings (SSSR count). The standard InChI is InChI=1S/C19H23FN4O.C2HF3O2/c20-16-10-21-18(22-11-16)23-17-9-19(25-13-17)7-4-8-24(14-19)12-15-5-2-1-3-6-15;3-2(4,5)1(6)7/h1-3,5-6,10-11,17H,4,7-9,12-14H2,(H,21,22,23);(H,6,7). The van der Waals surface area contributed by atoms with Crippen LogP contribution in [0.2, 0.25) is 0 Å². The summed E-state index contributed by atoms with van der Waals surface area (Å²) < 4.78 is 50.9. The van der Waals surface area contributed by atoms with Crippen molar-refractivity contribution in [1.29, 1.82) is 0 Å². The van der Waals surface area contributed by atoms with Crippen LogP contribution in [0.4, 0.5) is 23.5 Å². The molecule has 3 heterocycles. The Hall–Kier alpha value is -2.79. The molecule has 0 bridgehead atoms. The van der Waals surface area contributed by atoms with Gasteiger partial charge in [-0.15, -0.1) is 0 Å². The molecular weight excluding hydrogens is 432 g/mol. The number of nitrogens with one attached hydrogen (secondary N) is 1. The van der Waals surface area contributed by atoms with E-state index in [-0.39, 0.29) is 11.6 Å². The van der Waals surface area contributed by atoms with E-state index in [1.807, 2.05) is 0 Å². The van der Waals surface area contributed by atoms with Crippen LogP contribution in [0, 0.1) is 5.82 Å². The maximum absolute atomic E-state index is 12.9. The highest BCUT2D eigenvalue weighted by atomic mass is 19.4. The lowest BCUT2D eigenvalue weighted by Gasteiger charge is -2.39. The molecule has 32 heavy (non-hydrogen) atoms. The highest BCUT2D eigenvalue weighted by Crippen LogP contribution is 2.36. The number of benzene rings is 1. The van der Waals surface area contributed by atoms with Gasteiger partial charge in [-0.05, 0) is 24.9 Å². The van der Waals surface area contributed by atoms with E-state index >= 15 is 0 Å². The van der Waals surface area contributed by atoms with Crippen molar-refractivity contribution in [3.8, 4) is 0 Å². The number of anilines is 1. The van der Waals surface area contributed by atoms with E-state index in [4.69, 9.17) is 14.6 Å². The number of carboxylic acid groups (broad SMARTS) is 1. The minimum atomic E-state index is -5.08. The normalized spacial score (nSPS) is 23.4. The molecule has 1 aromatic carbocycles. The summed E-state index contributed by atoms with van der Waals surface area (Å²) in [6.45, 7) is 3.66. The number of likely N-dealkylation sites (tertiary alicyclic amines) is 1. The Labute approximate surface area is 182 Å². The number of aromatic nitrogens is 2. The third-order valence-corrected chi connectivity index (χ3v) is 5.27. The van der Waals surface area contributed by atoms with Crippen molar-refractivity contribution in [2.24, 2.45) is 0 Å². The number of halogens is 4. The fourth-order valence-electron chi connectivity index (χ4n) is 3.96. The van der Waals surface area contributed by atoms with E-state index in [9.17, 15) is 17.6 Å². The second-order valence-electron chi connectivity index (χ2n) is 7.87. The van der Waals surface area contributed by atoms with Crippen molar-refractivity contribution in [3.63, 3.8) is 0 Å². The molecule has 7 nitrogen and oxygen atoms in total. The fourth-order valence-corrected chi connectivity index (χ4v) is 3.96. The molecule has 2 N–H and O–H groups in total. The minimum absolute atomic E-state index is 0.0925. The number of aliphatic carboxylic acids is 1. The van der Waals surface area contributed by atoms with E-state index in [0.717, 1.165) is 38.9 Å². The van der Waals surface area contributed by atoms with Crippen LogP contribution in [-0.4, -0.2) is 63.5 Å². The second-order valence-corrected chi connectivity index (χ2v) is 7.87. The van der Waals surface area contributed by atoms with E-state index in [2.05, 4.69) is 50.5 Å². The first kappa shape index (κ1) is 23.9. The predicted octanol–water partition coefficient (Wildman–Crippen LogP) is 3.48. The number of carboxylic acids is 1. The topological polar surface area (TPSA) is 87.6 Å². The molecule has 0 saturated carbocycles. The van der Waals surface area contributed by atoms with Crippen LogP contribution in [0.3, 0.4) is 0 Å². The lowest BCUT2D eigenvalue weighted by atomic mass is 9.88. The minimum Gasteiger partial charge on any atom is -0.475 e. The Bertz CT molecular complexity index is 883. The Kier molecular flexibility index (Phi) is 7.62. The maximum Gasteiger partial charge on any atom is 0.490 e. The molecule has 0 radical (unpaired) electrons. The lowest BCUT2D eigenvalue weighted by Crippen LogP contribution is -2.47. The van der Waals surface area contributed by atoms with Gasteiger partial charge in [0.1, 0.15) is 0 Å². The molecule has 0 aliphatic carbocycles. The fraction of sp³-hybridized carbons (Fsp3) is 0.476. The van der Waals surface area contributed by atoms with Crippen LogP contribution >= 0.6 is 0 Å². The van der Waals surface area contributed by atoms with Crippen LogP contribution in [0.15, 0.2) is 42.7 Å². The van der Waals surface area contributed by atoms with Crippen LogP contribution in [0.1, 0.15) is 24.8 Å². The van der Waals surface area contributed by atoms with Crippen LogP contribution in [0.5, 0.6) is 0 Å². The first-order chi connectivity index (χ1) is 15.2. The average Bonchev–Trinajstić information content (AvgIpc) is 3.11. The van der Waals surface area contributed by atoms with E-state index in [0.29, 0.717) is 12.6 Å². The van der Waals surface area contributed by atoms with Crippen molar-refractivity contribution in [2.75, 3.05) is 25.0 Å². The van der Waals surface area contributed by atoms with Gasteiger partial charge in [-0.3, -0.25) is 4.90 Å². The summed E-state index contributed by atoms with van der Waals surface area (Å²) in [5.41, 5.74) is 1.25. The van der Waals surface area contributed by atoms with Gasteiger partial charge in [0.25, 0.3) is 0 Å². The lowest BCUT2D eigenvalue weighted by molar-refractivity contribution is -0.192. The zero-order valence-corrected chi connectivity index (χ0v) is 17.2. The smallest absolute Gasteiger partial charge is 0.475 e. The van der Waals surface area contributed by atoms with Gasteiger partial charge < -0.3 is 15.2 Å². The third kappa shape index (κ3) is 6.86. The average molecular weight is 456 g/mol. The van der Waals surface area contributed by atoms with Crippen molar-refractivity contribution >= 4 is 11.9 Å². The van der Waals surface area contributed by atoms with Crippen LogP contribution in [-0.2, 0) is 16.1 Å². The number of hydrogen-bond donors (Lipinski definition) is 2. The summed E-state index contributed by atoms with van der Waals surface area (Å²) in [4.78, 5) is 19.3. The number of rotatable bonds is 4. The number of nitrogens with zero attached hydrogens (tertiary/aromatic N) is 3. The molecule has 2 fully saturated rings. The molecule has 11 heteroatoms. The highest BCUT2D eigenvalue weighted by Gasteiger charge is 2.43. The quantitative estimate of drug-likeness (QED) is 0.681. The molecule has 1 spiro atoms. The molecule has 2 aliphatic heterocycles. The summed E-state index contributed by atoms with van der Waals surface area (Å²) >= 11 is 0. The number of piperidine rings is 1. The zero-order valence-electron chi connectivity index (χ0n) is 17.2. The number of ether oxygens (including phenoxy) is 1. The summed E-state index contributed by atoms with van der Waals surface area (Å²) in [6.07, 6.45) is 0.443. The van der Waals surface area contributed by atoms with Gasteiger partial charge in [0.05, 0.1) is 30.6 Å². The summed E-state index contributed by atoms with van der Waals surface area (Å²) in [5.74, 6) is -2.72. The van der Waals surface area contributed by atoms with Gasteiger partial charge >= 0.3 is 12.1 Å². The molecular formula is C21H24F4N4O3. The van der Waals surface area contributed by atoms with E-state index in [1.165, 1.54) is 18.0 Å². The summed E-state index contributed by atoms with van der Waals surface area (Å²) in [5, 5.41) is 10.4. The molecule has 174 valence electrons. The van der Waals surface area contributed by atoms with E-state index in [1.54, 1.807) is 0 Å². The van der Waals surface area contributed by atoms with E-state index < -0.39 is 18.0 Å².